The van der Waals surface area contributed by atoms with Gasteiger partial charge in [-0.1, -0.05) is 133 Å². The SMILES string of the molecule is c1ccc(-n2c3ccccc3c3cc4c5ccccc5n(-c5cccc(C6=NC(c7ccc8ccccc8c7)=NC(c7ccc8ccccc8c7)[N-]6)n5)c4cc32)cc1. The van der Waals surface area contributed by atoms with Gasteiger partial charge in [-0.15, -0.1) is 0 Å². The van der Waals surface area contributed by atoms with E-state index in [4.69, 9.17) is 20.3 Å². The Kier molecular flexibility index (Phi) is 7.19. The second-order valence-electron chi connectivity index (χ2n) is 14.9. The molecule has 0 saturated heterocycles. The van der Waals surface area contributed by atoms with E-state index in [-0.39, 0.29) is 0 Å². The Morgan fingerprint density at radius 1 is 0.431 bits per heavy atom. The summed E-state index contributed by atoms with van der Waals surface area (Å²) in [5.41, 5.74) is 8.22. The van der Waals surface area contributed by atoms with E-state index in [0.29, 0.717) is 17.4 Å². The number of fused-ring (bicyclic) bond motifs is 8. The Labute approximate surface area is 333 Å². The van der Waals surface area contributed by atoms with Crippen molar-refractivity contribution in [2.45, 2.75) is 6.17 Å². The molecule has 0 fully saturated rings. The van der Waals surface area contributed by atoms with Gasteiger partial charge in [-0.25, -0.2) is 4.98 Å². The van der Waals surface area contributed by atoms with Crippen molar-refractivity contribution >= 4 is 76.8 Å². The van der Waals surface area contributed by atoms with E-state index in [9.17, 15) is 0 Å². The van der Waals surface area contributed by atoms with Crippen molar-refractivity contribution in [1.82, 2.24) is 14.1 Å². The molecule has 3 aromatic heterocycles. The maximum Gasteiger partial charge on any atom is 0.138 e. The molecule has 58 heavy (non-hydrogen) atoms. The molecule has 0 radical (unpaired) electrons. The fourth-order valence-corrected chi connectivity index (χ4v) is 8.73. The van der Waals surface area contributed by atoms with E-state index in [1.54, 1.807) is 0 Å². The summed E-state index contributed by atoms with van der Waals surface area (Å²) in [4.78, 5) is 15.7. The molecule has 6 nitrogen and oxygen atoms in total. The fourth-order valence-electron chi connectivity index (χ4n) is 8.73. The lowest BCUT2D eigenvalue weighted by atomic mass is 10.0. The summed E-state index contributed by atoms with van der Waals surface area (Å²) in [5.74, 6) is 1.97. The molecule has 1 unspecified atom stereocenters. The van der Waals surface area contributed by atoms with Crippen molar-refractivity contribution in [3.8, 4) is 11.5 Å². The van der Waals surface area contributed by atoms with E-state index in [2.05, 4.69) is 197 Å². The van der Waals surface area contributed by atoms with Crippen molar-refractivity contribution in [3.63, 3.8) is 0 Å². The van der Waals surface area contributed by atoms with E-state index in [0.717, 1.165) is 50.0 Å². The lowest BCUT2D eigenvalue weighted by Gasteiger charge is -2.32. The second-order valence-corrected chi connectivity index (χ2v) is 14.9. The molecule has 8 aromatic carbocycles. The van der Waals surface area contributed by atoms with Gasteiger partial charge in [-0.05, 0) is 99.2 Å². The van der Waals surface area contributed by atoms with E-state index in [1.807, 2.05) is 6.07 Å². The number of amidine groups is 2. The summed E-state index contributed by atoms with van der Waals surface area (Å²) < 4.78 is 4.65. The van der Waals surface area contributed by atoms with Gasteiger partial charge < -0.3 is 14.9 Å². The number of aliphatic imine (C=N–C) groups is 2. The van der Waals surface area contributed by atoms with E-state index in [1.165, 1.54) is 37.8 Å². The zero-order valence-corrected chi connectivity index (χ0v) is 31.2. The molecule has 0 spiro atoms. The first-order chi connectivity index (χ1) is 28.7. The van der Waals surface area contributed by atoms with Gasteiger partial charge in [0.1, 0.15) is 5.82 Å². The largest absolute Gasteiger partial charge is 0.437 e. The van der Waals surface area contributed by atoms with Crippen LogP contribution in [0.5, 0.6) is 0 Å². The molecule has 272 valence electrons. The minimum atomic E-state index is -0.495. The van der Waals surface area contributed by atoms with Crippen LogP contribution in [-0.4, -0.2) is 25.8 Å². The predicted molar refractivity (Wildman–Crippen MR) is 240 cm³/mol. The number of benzene rings is 8. The van der Waals surface area contributed by atoms with Crippen LogP contribution >= 0.6 is 0 Å². The van der Waals surface area contributed by atoms with Gasteiger partial charge >= 0.3 is 0 Å². The number of aromatic nitrogens is 3. The van der Waals surface area contributed by atoms with Gasteiger partial charge in [0.15, 0.2) is 0 Å². The number of nitrogens with zero attached hydrogens (tertiary/aromatic N) is 6. The molecule has 1 atom stereocenters. The molecule has 11 aromatic rings. The third-order valence-electron chi connectivity index (χ3n) is 11.5. The molecule has 12 rings (SSSR count). The molecule has 0 N–H and O–H groups in total. The van der Waals surface area contributed by atoms with Crippen molar-refractivity contribution in [1.29, 1.82) is 0 Å². The molecule has 0 amide bonds. The smallest absolute Gasteiger partial charge is 0.138 e. The lowest BCUT2D eigenvalue weighted by molar-refractivity contribution is 0.878. The van der Waals surface area contributed by atoms with Crippen LogP contribution < -0.4 is 0 Å². The van der Waals surface area contributed by atoms with Gasteiger partial charge in [0.2, 0.25) is 0 Å². The summed E-state index contributed by atoms with van der Waals surface area (Å²) in [5, 5.41) is 14.6. The molecule has 1 aliphatic heterocycles. The van der Waals surface area contributed by atoms with Crippen LogP contribution in [-0.2, 0) is 0 Å². The Morgan fingerprint density at radius 3 is 1.81 bits per heavy atom. The van der Waals surface area contributed by atoms with Crippen molar-refractivity contribution in [3.05, 3.63) is 216 Å². The van der Waals surface area contributed by atoms with Gasteiger partial charge in [0.05, 0.1) is 39.8 Å². The molecular formula is C52H33N6-. The standard InChI is InChI=1S/C52H33N6/c1-2-17-39(18-3-1)57-45-22-10-8-19-40(45)42-31-43-41-20-9-11-23-46(41)58(48(43)32-47(42)57)49-24-12-21-44(53-49)52-55-50(37-27-25-33-13-4-6-15-35(33)29-37)54-51(56-52)38-28-26-34-14-5-7-16-36(34)30-38/h1-32,50H/q-1. The van der Waals surface area contributed by atoms with Crippen molar-refractivity contribution < 1.29 is 0 Å². The third-order valence-corrected chi connectivity index (χ3v) is 11.5. The summed E-state index contributed by atoms with van der Waals surface area (Å²) in [6.07, 6.45) is -0.495. The average Bonchev–Trinajstić information content (AvgIpc) is 3.80. The van der Waals surface area contributed by atoms with Crippen molar-refractivity contribution in [2.24, 2.45) is 9.98 Å². The predicted octanol–water partition coefficient (Wildman–Crippen LogP) is 12.9. The van der Waals surface area contributed by atoms with Gasteiger partial charge in [-0.3, -0.25) is 9.56 Å². The molecule has 6 heteroatoms. The maximum absolute atomic E-state index is 5.38. The molecular weight excluding hydrogens is 709 g/mol. The lowest BCUT2D eigenvalue weighted by Crippen LogP contribution is -2.17. The number of hydrogen-bond acceptors (Lipinski definition) is 3. The highest BCUT2D eigenvalue weighted by Gasteiger charge is 2.20. The second kappa shape index (κ2) is 12.9. The minimum Gasteiger partial charge on any atom is -0.437 e. The van der Waals surface area contributed by atoms with Crippen LogP contribution in [0.15, 0.2) is 204 Å². The normalized spacial score (nSPS) is 14.4. The Bertz CT molecular complexity index is 3500. The van der Waals surface area contributed by atoms with E-state index >= 15 is 0 Å². The quantitative estimate of drug-likeness (QED) is 0.173. The van der Waals surface area contributed by atoms with Crippen LogP contribution in [0.1, 0.15) is 23.0 Å². The van der Waals surface area contributed by atoms with E-state index < -0.39 is 6.17 Å². The minimum absolute atomic E-state index is 0.495. The Morgan fingerprint density at radius 2 is 1.05 bits per heavy atom. The molecule has 0 aliphatic carbocycles. The fraction of sp³-hybridized carbons (Fsp3) is 0.0192. The Balaban J connectivity index is 1.04. The molecule has 0 bridgehead atoms. The highest BCUT2D eigenvalue weighted by Crippen LogP contribution is 2.40. The average molecular weight is 742 g/mol. The molecule has 1 aliphatic rings. The first-order valence-corrected chi connectivity index (χ1v) is 19.6. The van der Waals surface area contributed by atoms with Crippen LogP contribution in [0.25, 0.3) is 82.0 Å². The highest BCUT2D eigenvalue weighted by molar-refractivity contribution is 6.20. The van der Waals surface area contributed by atoms with Crippen molar-refractivity contribution in [2.75, 3.05) is 0 Å². The zero-order chi connectivity index (χ0) is 38.2. The molecule has 4 heterocycles. The Hall–Kier alpha value is -7.83. The number of rotatable bonds is 5. The topological polar surface area (TPSA) is 61.6 Å². The summed E-state index contributed by atoms with van der Waals surface area (Å²) >= 11 is 0. The summed E-state index contributed by atoms with van der Waals surface area (Å²) in [6, 6.07) is 68.3. The first kappa shape index (κ1) is 32.4. The van der Waals surface area contributed by atoms with Gasteiger partial charge in [-0.2, -0.15) is 0 Å². The number of para-hydroxylation sites is 3. The summed E-state index contributed by atoms with van der Waals surface area (Å²) in [7, 11) is 0. The molecule has 0 saturated carbocycles. The van der Waals surface area contributed by atoms with Crippen LogP contribution in [0.2, 0.25) is 0 Å². The number of hydrogen-bond donors (Lipinski definition) is 0. The summed E-state index contributed by atoms with van der Waals surface area (Å²) in [6.45, 7) is 0. The first-order valence-electron chi connectivity index (χ1n) is 19.6. The monoisotopic (exact) mass is 741 g/mol. The van der Waals surface area contributed by atoms with Gasteiger partial charge in [0, 0.05) is 27.2 Å². The van der Waals surface area contributed by atoms with Gasteiger partial charge in [0.25, 0.3) is 0 Å². The van der Waals surface area contributed by atoms with Crippen LogP contribution in [0.3, 0.4) is 0 Å². The van der Waals surface area contributed by atoms with Crippen LogP contribution in [0, 0.1) is 0 Å². The highest BCUT2D eigenvalue weighted by atomic mass is 15.2. The number of pyridine rings is 1. The van der Waals surface area contributed by atoms with Crippen LogP contribution in [0.4, 0.5) is 0 Å². The maximum atomic E-state index is 5.38. The zero-order valence-electron chi connectivity index (χ0n) is 31.2. The third kappa shape index (κ3) is 5.16.